The Morgan fingerprint density at radius 2 is 1.94 bits per heavy atom. The molecule has 1 N–H and O–H groups in total. The summed E-state index contributed by atoms with van der Waals surface area (Å²) in [6.45, 7) is 9.67. The molecule has 1 aliphatic carbocycles. The Labute approximate surface area is 95.9 Å². The fraction of sp³-hybridized carbons (Fsp3) is 0.667. The Hall–Kier alpha value is -1.32. The number of aliphatic carboxylic acids is 1. The summed E-state index contributed by atoms with van der Waals surface area (Å²) >= 11 is 0. The monoisotopic (exact) mass is 225 g/mol. The first kappa shape index (κ1) is 12.7. The predicted octanol–water partition coefficient (Wildman–Crippen LogP) is 1.66. The number of carbonyl (C=O) groups excluding carboxylic acids is 1. The van der Waals surface area contributed by atoms with Crippen LogP contribution in [0.5, 0.6) is 0 Å². The van der Waals surface area contributed by atoms with E-state index in [0.717, 1.165) is 0 Å². The highest BCUT2D eigenvalue weighted by Crippen LogP contribution is 2.48. The van der Waals surface area contributed by atoms with Crippen molar-refractivity contribution in [2.75, 3.05) is 6.54 Å². The first-order chi connectivity index (χ1) is 7.25. The summed E-state index contributed by atoms with van der Waals surface area (Å²) in [7, 11) is 0. The largest absolute Gasteiger partial charge is 0.480 e. The predicted molar refractivity (Wildman–Crippen MR) is 61.0 cm³/mol. The van der Waals surface area contributed by atoms with Crippen LogP contribution in [0.2, 0.25) is 0 Å². The van der Waals surface area contributed by atoms with E-state index < -0.39 is 11.4 Å². The normalized spacial score (nSPS) is 17.7. The molecule has 0 saturated heterocycles. The van der Waals surface area contributed by atoms with Crippen LogP contribution in [0.15, 0.2) is 12.7 Å². The minimum Gasteiger partial charge on any atom is -0.480 e. The van der Waals surface area contributed by atoms with E-state index >= 15 is 0 Å². The average molecular weight is 225 g/mol. The van der Waals surface area contributed by atoms with Gasteiger partial charge >= 0.3 is 5.97 Å². The number of rotatable bonds is 4. The molecule has 1 saturated carbocycles. The van der Waals surface area contributed by atoms with Gasteiger partial charge in [0.05, 0.1) is 0 Å². The first-order valence-electron chi connectivity index (χ1n) is 5.42. The maximum absolute atomic E-state index is 12.2. The lowest BCUT2D eigenvalue weighted by molar-refractivity contribution is -0.155. The van der Waals surface area contributed by atoms with E-state index in [1.54, 1.807) is 11.0 Å². The summed E-state index contributed by atoms with van der Waals surface area (Å²) in [4.78, 5) is 24.9. The third kappa shape index (κ3) is 2.10. The van der Waals surface area contributed by atoms with E-state index in [0.29, 0.717) is 19.4 Å². The average Bonchev–Trinajstić information content (AvgIpc) is 2.91. The van der Waals surface area contributed by atoms with Crippen molar-refractivity contribution < 1.29 is 14.7 Å². The standard InChI is InChI=1S/C12H19NO3/c1-5-8-13(11(2,3)4)9(14)12(6-7-12)10(15)16/h5H,1,6-8H2,2-4H3,(H,15,16). The zero-order valence-electron chi connectivity index (χ0n) is 10.1. The zero-order chi connectivity index (χ0) is 12.6. The number of carbonyl (C=O) groups is 2. The fourth-order valence-corrected chi connectivity index (χ4v) is 1.69. The van der Waals surface area contributed by atoms with Crippen LogP contribution in [0.4, 0.5) is 0 Å². The van der Waals surface area contributed by atoms with Crippen molar-refractivity contribution in [3.63, 3.8) is 0 Å². The lowest BCUT2D eigenvalue weighted by Crippen LogP contribution is -2.50. The van der Waals surface area contributed by atoms with E-state index in [2.05, 4.69) is 6.58 Å². The summed E-state index contributed by atoms with van der Waals surface area (Å²) in [5, 5.41) is 9.08. The van der Waals surface area contributed by atoms with Gasteiger partial charge in [0.2, 0.25) is 5.91 Å². The molecule has 1 fully saturated rings. The Morgan fingerprint density at radius 1 is 1.44 bits per heavy atom. The second-order valence-electron chi connectivity index (χ2n) is 5.26. The maximum Gasteiger partial charge on any atom is 0.319 e. The quantitative estimate of drug-likeness (QED) is 0.585. The van der Waals surface area contributed by atoms with Crippen molar-refractivity contribution in [3.05, 3.63) is 12.7 Å². The molecule has 16 heavy (non-hydrogen) atoms. The molecule has 0 aromatic carbocycles. The van der Waals surface area contributed by atoms with Crippen molar-refractivity contribution in [2.24, 2.45) is 5.41 Å². The van der Waals surface area contributed by atoms with Gasteiger partial charge in [0, 0.05) is 12.1 Å². The number of hydrogen-bond acceptors (Lipinski definition) is 2. The van der Waals surface area contributed by atoms with Crippen LogP contribution < -0.4 is 0 Å². The third-order valence-electron chi connectivity index (χ3n) is 2.94. The molecule has 0 unspecified atom stereocenters. The molecule has 0 radical (unpaired) electrons. The Morgan fingerprint density at radius 3 is 2.19 bits per heavy atom. The molecule has 0 spiro atoms. The molecule has 0 bridgehead atoms. The molecule has 1 amide bonds. The van der Waals surface area contributed by atoms with Gasteiger partial charge in [0.1, 0.15) is 5.41 Å². The topological polar surface area (TPSA) is 57.6 Å². The van der Waals surface area contributed by atoms with Crippen LogP contribution in [0, 0.1) is 5.41 Å². The summed E-state index contributed by atoms with van der Waals surface area (Å²) in [6, 6.07) is 0. The van der Waals surface area contributed by atoms with Gasteiger partial charge < -0.3 is 10.0 Å². The summed E-state index contributed by atoms with van der Waals surface area (Å²) < 4.78 is 0. The lowest BCUT2D eigenvalue weighted by atomic mass is 9.99. The zero-order valence-corrected chi connectivity index (χ0v) is 10.1. The van der Waals surface area contributed by atoms with Crippen LogP contribution in [-0.4, -0.2) is 34.0 Å². The van der Waals surface area contributed by atoms with Crippen molar-refractivity contribution in [1.82, 2.24) is 4.90 Å². The number of nitrogens with zero attached hydrogens (tertiary/aromatic N) is 1. The number of amides is 1. The van der Waals surface area contributed by atoms with E-state index in [4.69, 9.17) is 5.11 Å². The lowest BCUT2D eigenvalue weighted by Gasteiger charge is -2.36. The van der Waals surface area contributed by atoms with Gasteiger partial charge in [-0.25, -0.2) is 0 Å². The van der Waals surface area contributed by atoms with Gasteiger partial charge in [-0.15, -0.1) is 6.58 Å². The van der Waals surface area contributed by atoms with E-state index in [1.165, 1.54) is 0 Å². The summed E-state index contributed by atoms with van der Waals surface area (Å²) in [6.07, 6.45) is 2.52. The molecular weight excluding hydrogens is 206 g/mol. The molecule has 4 nitrogen and oxygen atoms in total. The molecule has 0 aliphatic heterocycles. The van der Waals surface area contributed by atoms with Crippen molar-refractivity contribution >= 4 is 11.9 Å². The van der Waals surface area contributed by atoms with Gasteiger partial charge in [-0.3, -0.25) is 9.59 Å². The molecule has 0 aromatic heterocycles. The van der Waals surface area contributed by atoms with Crippen LogP contribution in [0.1, 0.15) is 33.6 Å². The van der Waals surface area contributed by atoms with Crippen LogP contribution in [0.25, 0.3) is 0 Å². The molecule has 90 valence electrons. The van der Waals surface area contributed by atoms with E-state index in [1.807, 2.05) is 20.8 Å². The highest BCUT2D eigenvalue weighted by molar-refractivity contribution is 6.05. The Kier molecular flexibility index (Phi) is 3.13. The Balaban J connectivity index is 2.93. The highest BCUT2D eigenvalue weighted by atomic mass is 16.4. The molecule has 0 aromatic rings. The number of hydrogen-bond donors (Lipinski definition) is 1. The van der Waals surface area contributed by atoms with Gasteiger partial charge in [-0.2, -0.15) is 0 Å². The third-order valence-corrected chi connectivity index (χ3v) is 2.94. The van der Waals surface area contributed by atoms with Crippen LogP contribution in [0.3, 0.4) is 0 Å². The SMILES string of the molecule is C=CCN(C(=O)C1(C(=O)O)CC1)C(C)(C)C. The van der Waals surface area contributed by atoms with Crippen molar-refractivity contribution in [3.8, 4) is 0 Å². The van der Waals surface area contributed by atoms with Gasteiger partial charge in [0.25, 0.3) is 0 Å². The van der Waals surface area contributed by atoms with Crippen LogP contribution >= 0.6 is 0 Å². The van der Waals surface area contributed by atoms with Gasteiger partial charge in [0.15, 0.2) is 0 Å². The van der Waals surface area contributed by atoms with Crippen molar-refractivity contribution in [2.45, 2.75) is 39.2 Å². The second kappa shape index (κ2) is 3.92. The van der Waals surface area contributed by atoms with Gasteiger partial charge in [-0.05, 0) is 33.6 Å². The minimum absolute atomic E-state index is 0.285. The molecule has 0 atom stereocenters. The molecule has 4 heteroatoms. The number of carboxylic acid groups (broad SMARTS) is 1. The highest BCUT2D eigenvalue weighted by Gasteiger charge is 2.59. The second-order valence-corrected chi connectivity index (χ2v) is 5.26. The first-order valence-corrected chi connectivity index (χ1v) is 5.42. The van der Waals surface area contributed by atoms with E-state index in [-0.39, 0.29) is 11.4 Å². The molecular formula is C12H19NO3. The molecule has 0 heterocycles. The van der Waals surface area contributed by atoms with Crippen LogP contribution in [-0.2, 0) is 9.59 Å². The molecule has 1 aliphatic rings. The summed E-state index contributed by atoms with van der Waals surface area (Å²) in [5.74, 6) is -1.29. The Bertz CT molecular complexity index is 324. The smallest absolute Gasteiger partial charge is 0.319 e. The summed E-state index contributed by atoms with van der Waals surface area (Å²) in [5.41, 5.74) is -1.54. The van der Waals surface area contributed by atoms with E-state index in [9.17, 15) is 9.59 Å². The van der Waals surface area contributed by atoms with Crippen molar-refractivity contribution in [1.29, 1.82) is 0 Å². The molecule has 1 rings (SSSR count). The van der Waals surface area contributed by atoms with Gasteiger partial charge in [-0.1, -0.05) is 6.08 Å². The fourth-order valence-electron chi connectivity index (χ4n) is 1.69. The number of carboxylic acids is 1. The minimum atomic E-state index is -1.16. The maximum atomic E-state index is 12.2.